The van der Waals surface area contributed by atoms with Crippen LogP contribution in [0.3, 0.4) is 0 Å². The van der Waals surface area contributed by atoms with Crippen molar-refractivity contribution in [2.24, 2.45) is 16.6 Å². The summed E-state index contributed by atoms with van der Waals surface area (Å²) >= 11 is 6.27. The Bertz CT molecular complexity index is 610. The van der Waals surface area contributed by atoms with Gasteiger partial charge in [-0.2, -0.15) is 0 Å². The number of aliphatic hydroxyl groups excluding tert-OH is 1. The van der Waals surface area contributed by atoms with E-state index in [1.54, 1.807) is 0 Å². The number of hydrogen-bond acceptors (Lipinski definition) is 4. The second-order valence-corrected chi connectivity index (χ2v) is 6.23. The van der Waals surface area contributed by atoms with E-state index in [4.69, 9.17) is 22.3 Å². The number of fused-ring (bicyclic) bond motifs is 1. The summed E-state index contributed by atoms with van der Waals surface area (Å²) in [5.41, 5.74) is 6.10. The highest BCUT2D eigenvalue weighted by atomic mass is 35.5. The van der Waals surface area contributed by atoms with Crippen LogP contribution in [0.2, 0.25) is 5.02 Å². The molecule has 1 unspecified atom stereocenters. The number of nitrogens with two attached hydrogens (primary N) is 1. The van der Waals surface area contributed by atoms with Crippen molar-refractivity contribution in [3.63, 3.8) is 0 Å². The Balaban J connectivity index is 1.98. The quantitative estimate of drug-likeness (QED) is 0.851. The fraction of sp³-hybridized carbons (Fsp3) is 0.533. The molecule has 1 fully saturated rings. The first-order chi connectivity index (χ1) is 9.60. The van der Waals surface area contributed by atoms with Gasteiger partial charge in [0.05, 0.1) is 10.4 Å². The molecule has 1 aliphatic heterocycles. The van der Waals surface area contributed by atoms with Crippen LogP contribution in [-0.4, -0.2) is 34.9 Å². The van der Waals surface area contributed by atoms with Gasteiger partial charge in [-0.15, -0.1) is 0 Å². The monoisotopic (exact) mass is 293 g/mol. The van der Waals surface area contributed by atoms with Crippen molar-refractivity contribution in [2.45, 2.75) is 38.0 Å². The average Bonchev–Trinajstić information content (AvgIpc) is 2.37. The molecule has 3 N–H and O–H groups in total. The Labute approximate surface area is 123 Å². The molecule has 4 nitrogen and oxygen atoms in total. The lowest BCUT2D eigenvalue weighted by Crippen LogP contribution is -2.56. The van der Waals surface area contributed by atoms with Gasteiger partial charge >= 0.3 is 0 Å². The van der Waals surface area contributed by atoms with E-state index in [2.05, 4.69) is 11.1 Å². The summed E-state index contributed by atoms with van der Waals surface area (Å²) in [6, 6.07) is 6.12. The summed E-state index contributed by atoms with van der Waals surface area (Å²) in [5, 5.41) is 11.8. The molecule has 0 amide bonds. The number of halogens is 1. The van der Waals surface area contributed by atoms with Crippen LogP contribution in [0.1, 0.15) is 19.8 Å². The maximum Gasteiger partial charge on any atom is 0.136 e. The Kier molecular flexibility index (Phi) is 3.71. The predicted molar refractivity (Wildman–Crippen MR) is 79.6 cm³/mol. The lowest BCUT2D eigenvalue weighted by molar-refractivity contribution is 0.0553. The smallest absolute Gasteiger partial charge is 0.136 e. The van der Waals surface area contributed by atoms with Gasteiger partial charge in [0.25, 0.3) is 0 Å². The SMILES string of the molecule is CC(N)[C@@H]1N=c2cccc(Cl)c2=CN1C1CC(CO)C1. The van der Waals surface area contributed by atoms with Gasteiger partial charge in [0.1, 0.15) is 6.17 Å². The largest absolute Gasteiger partial charge is 0.396 e. The van der Waals surface area contributed by atoms with Gasteiger partial charge in [-0.05, 0) is 37.8 Å². The fourth-order valence-corrected chi connectivity index (χ4v) is 3.22. The van der Waals surface area contributed by atoms with E-state index < -0.39 is 0 Å². The lowest BCUT2D eigenvalue weighted by Gasteiger charge is -2.46. The molecular weight excluding hydrogens is 274 g/mol. The molecule has 20 heavy (non-hydrogen) atoms. The van der Waals surface area contributed by atoms with Gasteiger partial charge in [-0.25, -0.2) is 0 Å². The second-order valence-electron chi connectivity index (χ2n) is 5.82. The number of rotatable bonds is 3. The molecule has 1 aromatic rings. The van der Waals surface area contributed by atoms with Crippen molar-refractivity contribution < 1.29 is 5.11 Å². The number of benzene rings is 1. The predicted octanol–water partition coefficient (Wildman–Crippen LogP) is 0.457. The zero-order valence-electron chi connectivity index (χ0n) is 11.5. The molecule has 108 valence electrons. The van der Waals surface area contributed by atoms with Gasteiger partial charge in [0.2, 0.25) is 0 Å². The van der Waals surface area contributed by atoms with E-state index >= 15 is 0 Å². The molecule has 1 saturated carbocycles. The van der Waals surface area contributed by atoms with Crippen LogP contribution >= 0.6 is 11.6 Å². The van der Waals surface area contributed by atoms with Gasteiger partial charge in [-0.3, -0.25) is 4.99 Å². The van der Waals surface area contributed by atoms with E-state index in [1.807, 2.05) is 25.1 Å². The highest BCUT2D eigenvalue weighted by Crippen LogP contribution is 2.33. The molecule has 0 aromatic heterocycles. The molecule has 2 aliphatic rings. The molecule has 0 radical (unpaired) electrons. The minimum Gasteiger partial charge on any atom is -0.396 e. The summed E-state index contributed by atoms with van der Waals surface area (Å²) in [5.74, 6) is 0.412. The van der Waals surface area contributed by atoms with Gasteiger partial charge in [0.15, 0.2) is 0 Å². The molecule has 0 bridgehead atoms. The maximum atomic E-state index is 9.18. The molecule has 0 spiro atoms. The summed E-state index contributed by atoms with van der Waals surface area (Å²) in [4.78, 5) is 6.99. The van der Waals surface area contributed by atoms with Crippen molar-refractivity contribution in [3.05, 3.63) is 33.8 Å². The Morgan fingerprint density at radius 3 is 2.90 bits per heavy atom. The molecule has 1 aliphatic carbocycles. The minimum atomic E-state index is -0.0504. The molecule has 1 heterocycles. The zero-order valence-corrected chi connectivity index (χ0v) is 12.3. The van der Waals surface area contributed by atoms with Crippen LogP contribution in [0.15, 0.2) is 23.2 Å². The molecule has 2 atom stereocenters. The van der Waals surface area contributed by atoms with Crippen LogP contribution in [0.4, 0.5) is 0 Å². The Morgan fingerprint density at radius 2 is 2.25 bits per heavy atom. The lowest BCUT2D eigenvalue weighted by atomic mass is 9.79. The number of aliphatic hydroxyl groups is 1. The Hall–Kier alpha value is -1.10. The fourth-order valence-electron chi connectivity index (χ4n) is 3.00. The highest BCUT2D eigenvalue weighted by molar-refractivity contribution is 6.30. The summed E-state index contributed by atoms with van der Waals surface area (Å²) in [7, 11) is 0. The van der Waals surface area contributed by atoms with E-state index in [0.29, 0.717) is 12.0 Å². The zero-order chi connectivity index (χ0) is 14.3. The van der Waals surface area contributed by atoms with Crippen LogP contribution < -0.4 is 16.3 Å². The third kappa shape index (κ3) is 2.32. The summed E-state index contributed by atoms with van der Waals surface area (Å²) in [6.07, 6.45) is 4.03. The maximum absolute atomic E-state index is 9.18. The molecule has 1 aromatic carbocycles. The number of hydrogen-bond donors (Lipinski definition) is 2. The molecule has 5 heteroatoms. The van der Waals surface area contributed by atoms with Crippen molar-refractivity contribution >= 4 is 17.8 Å². The van der Waals surface area contributed by atoms with E-state index in [9.17, 15) is 5.11 Å². The van der Waals surface area contributed by atoms with Crippen LogP contribution in [0.5, 0.6) is 0 Å². The van der Waals surface area contributed by atoms with Crippen LogP contribution in [0, 0.1) is 5.92 Å². The average molecular weight is 294 g/mol. The normalized spacial score (nSPS) is 29.8. The van der Waals surface area contributed by atoms with Gasteiger partial charge in [-0.1, -0.05) is 17.7 Å². The topological polar surface area (TPSA) is 61.8 Å². The third-order valence-corrected chi connectivity index (χ3v) is 4.58. The van der Waals surface area contributed by atoms with Gasteiger partial charge in [0, 0.05) is 30.1 Å². The first-order valence-electron chi connectivity index (χ1n) is 7.08. The minimum absolute atomic E-state index is 0.0495. The second kappa shape index (κ2) is 5.35. The first-order valence-corrected chi connectivity index (χ1v) is 7.46. The molecular formula is C15H20ClN3O. The molecule has 3 rings (SSSR count). The molecule has 0 saturated heterocycles. The van der Waals surface area contributed by atoms with Crippen molar-refractivity contribution in [1.29, 1.82) is 0 Å². The highest BCUT2D eigenvalue weighted by Gasteiger charge is 2.36. The van der Waals surface area contributed by atoms with Crippen LogP contribution in [0.25, 0.3) is 6.20 Å². The van der Waals surface area contributed by atoms with Crippen molar-refractivity contribution in [2.75, 3.05) is 6.61 Å². The standard InChI is InChI=1S/C15H20ClN3O/c1-9(17)15-18-14-4-2-3-13(16)12(14)7-19(15)11-5-10(6-11)8-20/h2-4,7,9-11,15,20H,5-6,8,17H2,1H3/t9?,10?,11?,15-/m1/s1. The first kappa shape index (κ1) is 13.9. The van der Waals surface area contributed by atoms with Crippen LogP contribution in [-0.2, 0) is 0 Å². The summed E-state index contributed by atoms with van der Waals surface area (Å²) < 4.78 is 0. The van der Waals surface area contributed by atoms with E-state index in [-0.39, 0.29) is 18.8 Å². The van der Waals surface area contributed by atoms with E-state index in [0.717, 1.165) is 28.4 Å². The Morgan fingerprint density at radius 1 is 1.50 bits per heavy atom. The summed E-state index contributed by atoms with van der Waals surface area (Å²) in [6.45, 7) is 2.24. The van der Waals surface area contributed by atoms with E-state index in [1.165, 1.54) is 0 Å². The number of nitrogens with zero attached hydrogens (tertiary/aromatic N) is 2. The van der Waals surface area contributed by atoms with Gasteiger partial charge < -0.3 is 15.7 Å². The van der Waals surface area contributed by atoms with Crippen molar-refractivity contribution in [3.8, 4) is 0 Å². The van der Waals surface area contributed by atoms with Crippen molar-refractivity contribution in [1.82, 2.24) is 4.90 Å². The third-order valence-electron chi connectivity index (χ3n) is 4.25.